The lowest BCUT2D eigenvalue weighted by molar-refractivity contribution is 0.522. The summed E-state index contributed by atoms with van der Waals surface area (Å²) in [5.41, 5.74) is 6.85. The van der Waals surface area contributed by atoms with Crippen molar-refractivity contribution in [2.24, 2.45) is 5.92 Å². The largest absolute Gasteiger partial charge is 0.381 e. The summed E-state index contributed by atoms with van der Waals surface area (Å²) < 4.78 is 1.98. The predicted octanol–water partition coefficient (Wildman–Crippen LogP) is 1.22. The number of nitrogens with zero attached hydrogens (tertiary/aromatic N) is 3. The van der Waals surface area contributed by atoms with Crippen molar-refractivity contribution in [2.45, 2.75) is 39.2 Å². The van der Waals surface area contributed by atoms with E-state index in [9.17, 15) is 0 Å². The molecular formula is C9H16N4. The molecule has 0 aliphatic heterocycles. The van der Waals surface area contributed by atoms with E-state index in [2.05, 4.69) is 17.2 Å². The Morgan fingerprint density at radius 1 is 1.54 bits per heavy atom. The Morgan fingerprint density at radius 2 is 2.31 bits per heavy atom. The van der Waals surface area contributed by atoms with E-state index >= 15 is 0 Å². The summed E-state index contributed by atoms with van der Waals surface area (Å²) in [6.07, 6.45) is 4.77. The molecule has 1 fully saturated rings. The first-order valence-electron chi connectivity index (χ1n) is 4.99. The lowest BCUT2D eigenvalue weighted by Gasteiger charge is -2.03. The molecule has 0 bridgehead atoms. The number of aromatic nitrogens is 3. The van der Waals surface area contributed by atoms with Gasteiger partial charge in [0.25, 0.3) is 0 Å². The molecule has 0 aromatic carbocycles. The van der Waals surface area contributed by atoms with Crippen LogP contribution >= 0.6 is 0 Å². The van der Waals surface area contributed by atoms with Gasteiger partial charge >= 0.3 is 0 Å². The molecule has 13 heavy (non-hydrogen) atoms. The molecule has 4 nitrogen and oxygen atoms in total. The Morgan fingerprint density at radius 3 is 2.92 bits per heavy atom. The van der Waals surface area contributed by atoms with E-state index in [-0.39, 0.29) is 0 Å². The van der Waals surface area contributed by atoms with Crippen molar-refractivity contribution >= 4 is 5.82 Å². The first kappa shape index (κ1) is 8.53. The third-order valence-electron chi connectivity index (χ3n) is 2.48. The Labute approximate surface area is 78.1 Å². The molecule has 0 atom stereocenters. The maximum Gasteiger partial charge on any atom is 0.169 e. The van der Waals surface area contributed by atoms with Crippen molar-refractivity contribution in [1.29, 1.82) is 0 Å². The third kappa shape index (κ3) is 1.82. The van der Waals surface area contributed by atoms with Crippen LogP contribution in [0.25, 0.3) is 0 Å². The second kappa shape index (κ2) is 3.36. The fourth-order valence-electron chi connectivity index (χ4n) is 1.53. The highest BCUT2D eigenvalue weighted by atomic mass is 15.4. The van der Waals surface area contributed by atoms with E-state index in [0.29, 0.717) is 5.82 Å². The number of anilines is 1. The molecule has 1 aliphatic carbocycles. The molecule has 4 heteroatoms. The van der Waals surface area contributed by atoms with E-state index in [1.165, 1.54) is 12.8 Å². The molecule has 0 saturated heterocycles. The normalized spacial score (nSPS) is 16.4. The first-order chi connectivity index (χ1) is 6.31. The summed E-state index contributed by atoms with van der Waals surface area (Å²) in [7, 11) is 0. The highest BCUT2D eigenvalue weighted by Gasteiger charge is 2.23. The number of hydrogen-bond acceptors (Lipinski definition) is 3. The molecule has 2 N–H and O–H groups in total. The molecular weight excluding hydrogens is 164 g/mol. The molecule has 1 aromatic rings. The maximum atomic E-state index is 5.73. The highest BCUT2D eigenvalue weighted by molar-refractivity contribution is 5.32. The third-order valence-corrected chi connectivity index (χ3v) is 2.48. The van der Waals surface area contributed by atoms with E-state index in [4.69, 9.17) is 5.73 Å². The summed E-state index contributed by atoms with van der Waals surface area (Å²) in [5.74, 6) is 1.44. The van der Waals surface area contributed by atoms with Crippen LogP contribution in [0.4, 0.5) is 5.82 Å². The molecule has 0 radical (unpaired) electrons. The quantitative estimate of drug-likeness (QED) is 0.758. The van der Waals surface area contributed by atoms with Gasteiger partial charge in [0.15, 0.2) is 5.82 Å². The van der Waals surface area contributed by atoms with Crippen LogP contribution in [0.2, 0.25) is 0 Å². The average molecular weight is 180 g/mol. The summed E-state index contributed by atoms with van der Waals surface area (Å²) in [4.78, 5) is 0. The second-order valence-corrected chi connectivity index (χ2v) is 3.80. The highest BCUT2D eigenvalue weighted by Crippen LogP contribution is 2.31. The van der Waals surface area contributed by atoms with E-state index in [1.807, 2.05) is 4.68 Å². The van der Waals surface area contributed by atoms with Crippen molar-refractivity contribution in [2.75, 3.05) is 5.73 Å². The molecule has 1 aromatic heterocycles. The van der Waals surface area contributed by atoms with Gasteiger partial charge in [-0.05, 0) is 25.2 Å². The van der Waals surface area contributed by atoms with Crippen LogP contribution in [-0.4, -0.2) is 15.0 Å². The molecule has 2 rings (SSSR count). The van der Waals surface area contributed by atoms with Gasteiger partial charge in [0.1, 0.15) is 0 Å². The van der Waals surface area contributed by atoms with Crippen LogP contribution in [-0.2, 0) is 13.0 Å². The van der Waals surface area contributed by atoms with Crippen molar-refractivity contribution in [3.63, 3.8) is 0 Å². The van der Waals surface area contributed by atoms with E-state index < -0.39 is 0 Å². The molecule has 1 heterocycles. The minimum atomic E-state index is 0.613. The van der Waals surface area contributed by atoms with Crippen molar-refractivity contribution in [3.05, 3.63) is 5.69 Å². The summed E-state index contributed by atoms with van der Waals surface area (Å²) in [6.45, 7) is 3.16. The van der Waals surface area contributed by atoms with Crippen LogP contribution in [0.5, 0.6) is 0 Å². The van der Waals surface area contributed by atoms with Gasteiger partial charge in [-0.1, -0.05) is 18.6 Å². The minimum Gasteiger partial charge on any atom is -0.381 e. The van der Waals surface area contributed by atoms with Gasteiger partial charge in [0, 0.05) is 6.54 Å². The zero-order valence-electron chi connectivity index (χ0n) is 8.03. The van der Waals surface area contributed by atoms with Crippen LogP contribution in [0, 0.1) is 5.92 Å². The second-order valence-electron chi connectivity index (χ2n) is 3.80. The lowest BCUT2D eigenvalue weighted by atomic mass is 10.2. The molecule has 1 saturated carbocycles. The van der Waals surface area contributed by atoms with Crippen LogP contribution in [0.15, 0.2) is 0 Å². The van der Waals surface area contributed by atoms with E-state index in [1.54, 1.807) is 0 Å². The Hall–Kier alpha value is -1.06. The Bertz CT molecular complexity index is 288. The van der Waals surface area contributed by atoms with Gasteiger partial charge in [-0.15, -0.1) is 5.10 Å². The van der Waals surface area contributed by atoms with Crippen LogP contribution < -0.4 is 5.73 Å². The SMILES string of the molecule is CCCc1c(N)nnn1CC1CC1. The molecule has 0 unspecified atom stereocenters. The van der Waals surface area contributed by atoms with Crippen molar-refractivity contribution < 1.29 is 0 Å². The molecule has 0 amide bonds. The summed E-state index contributed by atoms with van der Waals surface area (Å²) in [5, 5.41) is 7.96. The fourth-order valence-corrected chi connectivity index (χ4v) is 1.53. The van der Waals surface area contributed by atoms with Gasteiger partial charge in [0.2, 0.25) is 0 Å². The topological polar surface area (TPSA) is 56.7 Å². The summed E-state index contributed by atoms with van der Waals surface area (Å²) >= 11 is 0. The zero-order chi connectivity index (χ0) is 9.26. The van der Waals surface area contributed by atoms with Crippen LogP contribution in [0.1, 0.15) is 31.9 Å². The first-order valence-corrected chi connectivity index (χ1v) is 4.99. The number of nitrogens with two attached hydrogens (primary N) is 1. The lowest BCUT2D eigenvalue weighted by Crippen LogP contribution is -2.07. The number of hydrogen-bond donors (Lipinski definition) is 1. The smallest absolute Gasteiger partial charge is 0.169 e. The Balaban J connectivity index is 2.12. The molecule has 72 valence electrons. The fraction of sp³-hybridized carbons (Fsp3) is 0.778. The van der Waals surface area contributed by atoms with Crippen LogP contribution in [0.3, 0.4) is 0 Å². The van der Waals surface area contributed by atoms with Gasteiger partial charge < -0.3 is 5.73 Å². The standard InChI is InChI=1S/C9H16N4/c1-2-3-8-9(10)11-12-13(8)6-7-4-5-7/h7H,2-6,10H2,1H3. The molecule has 0 spiro atoms. The van der Waals surface area contributed by atoms with Gasteiger partial charge in [-0.2, -0.15) is 0 Å². The van der Waals surface area contributed by atoms with E-state index in [0.717, 1.165) is 31.0 Å². The van der Waals surface area contributed by atoms with Crippen molar-refractivity contribution in [1.82, 2.24) is 15.0 Å². The zero-order valence-corrected chi connectivity index (χ0v) is 8.03. The van der Waals surface area contributed by atoms with Gasteiger partial charge in [-0.25, -0.2) is 4.68 Å². The summed E-state index contributed by atoms with van der Waals surface area (Å²) in [6, 6.07) is 0. The average Bonchev–Trinajstić information content (AvgIpc) is 2.86. The monoisotopic (exact) mass is 180 g/mol. The maximum absolute atomic E-state index is 5.73. The minimum absolute atomic E-state index is 0.613. The Kier molecular flexibility index (Phi) is 2.20. The molecule has 1 aliphatic rings. The van der Waals surface area contributed by atoms with Crippen molar-refractivity contribution in [3.8, 4) is 0 Å². The van der Waals surface area contributed by atoms with Gasteiger partial charge in [0.05, 0.1) is 5.69 Å². The van der Waals surface area contributed by atoms with Gasteiger partial charge in [-0.3, -0.25) is 0 Å². The predicted molar refractivity (Wildman–Crippen MR) is 51.2 cm³/mol. The number of nitrogen functional groups attached to an aromatic ring is 1. The number of rotatable bonds is 4.